The Balaban J connectivity index is 2.45. The van der Waals surface area contributed by atoms with Crippen LogP contribution in [0.15, 0.2) is 48.5 Å². The average molecular weight is 488 g/mol. The Bertz CT molecular complexity index is 1110. The second-order valence-electron chi connectivity index (χ2n) is 9.71. The van der Waals surface area contributed by atoms with E-state index in [1.54, 1.807) is 12.1 Å². The molecule has 0 fully saturated rings. The molecule has 1 unspecified atom stereocenters. The van der Waals surface area contributed by atoms with Crippen LogP contribution in [-0.2, 0) is 26.2 Å². The van der Waals surface area contributed by atoms with Crippen LogP contribution in [-0.4, -0.2) is 49.5 Å². The lowest BCUT2D eigenvalue weighted by Crippen LogP contribution is -2.55. The van der Waals surface area contributed by atoms with E-state index in [4.69, 9.17) is 0 Å². The number of aryl methyl sites for hydroxylation is 2. The van der Waals surface area contributed by atoms with E-state index in [1.807, 2.05) is 77.9 Å². The molecule has 0 aliphatic rings. The van der Waals surface area contributed by atoms with Crippen molar-refractivity contribution in [1.29, 1.82) is 0 Å². The largest absolute Gasteiger partial charge is 0.350 e. The summed E-state index contributed by atoms with van der Waals surface area (Å²) in [5, 5.41) is 2.96. The van der Waals surface area contributed by atoms with Gasteiger partial charge >= 0.3 is 0 Å². The van der Waals surface area contributed by atoms with Gasteiger partial charge in [-0.3, -0.25) is 13.9 Å². The van der Waals surface area contributed by atoms with Gasteiger partial charge in [0.2, 0.25) is 21.8 Å². The smallest absolute Gasteiger partial charge is 0.244 e. The maximum atomic E-state index is 13.6. The topological polar surface area (TPSA) is 86.8 Å². The van der Waals surface area contributed by atoms with Gasteiger partial charge in [-0.1, -0.05) is 43.3 Å². The molecule has 186 valence electrons. The van der Waals surface area contributed by atoms with Gasteiger partial charge < -0.3 is 10.2 Å². The number of nitrogens with zero attached hydrogens (tertiary/aromatic N) is 2. The van der Waals surface area contributed by atoms with Crippen molar-refractivity contribution in [2.75, 3.05) is 17.1 Å². The first-order valence-electron chi connectivity index (χ1n) is 11.4. The number of anilines is 1. The first-order valence-corrected chi connectivity index (χ1v) is 13.3. The normalized spacial score (nSPS) is 12.7. The molecule has 0 spiro atoms. The molecular formula is C26H37N3O4S. The highest BCUT2D eigenvalue weighted by atomic mass is 32.2. The first kappa shape index (κ1) is 27.4. The Morgan fingerprint density at radius 2 is 1.62 bits per heavy atom. The minimum Gasteiger partial charge on any atom is -0.350 e. The Hall–Kier alpha value is -2.87. The summed E-state index contributed by atoms with van der Waals surface area (Å²) in [6.45, 7) is 11.1. The summed E-state index contributed by atoms with van der Waals surface area (Å²) in [4.78, 5) is 28.2. The Morgan fingerprint density at radius 1 is 1.00 bits per heavy atom. The molecule has 0 aromatic heterocycles. The fourth-order valence-electron chi connectivity index (χ4n) is 3.65. The second-order valence-corrected chi connectivity index (χ2v) is 11.6. The number of benzene rings is 2. The molecule has 2 rings (SSSR count). The van der Waals surface area contributed by atoms with Crippen LogP contribution in [0.25, 0.3) is 0 Å². The van der Waals surface area contributed by atoms with Crippen LogP contribution in [0.1, 0.15) is 50.8 Å². The van der Waals surface area contributed by atoms with Crippen molar-refractivity contribution in [2.45, 2.75) is 66.1 Å². The number of amides is 2. The van der Waals surface area contributed by atoms with Crippen molar-refractivity contribution in [3.63, 3.8) is 0 Å². The minimum absolute atomic E-state index is 0.195. The molecule has 8 heteroatoms. The van der Waals surface area contributed by atoms with Gasteiger partial charge in [-0.25, -0.2) is 8.42 Å². The van der Waals surface area contributed by atoms with E-state index in [0.717, 1.165) is 27.3 Å². The molecule has 2 aromatic rings. The molecule has 0 bridgehead atoms. The van der Waals surface area contributed by atoms with Crippen molar-refractivity contribution < 1.29 is 18.0 Å². The van der Waals surface area contributed by atoms with Gasteiger partial charge in [0.1, 0.15) is 12.6 Å². The Kier molecular flexibility index (Phi) is 8.89. The number of hydrogen-bond donors (Lipinski definition) is 1. The van der Waals surface area contributed by atoms with Gasteiger partial charge in [0, 0.05) is 12.1 Å². The lowest BCUT2D eigenvalue weighted by molar-refractivity contribution is -0.141. The Labute approximate surface area is 204 Å². The van der Waals surface area contributed by atoms with Crippen LogP contribution in [0.5, 0.6) is 0 Å². The summed E-state index contributed by atoms with van der Waals surface area (Å²) in [7, 11) is -3.75. The molecule has 0 radical (unpaired) electrons. The first-order chi connectivity index (χ1) is 15.7. The number of nitrogens with one attached hydrogen (secondary N) is 1. The molecule has 2 amide bonds. The molecule has 0 heterocycles. The van der Waals surface area contributed by atoms with Crippen molar-refractivity contribution in [1.82, 2.24) is 10.2 Å². The predicted octanol–water partition coefficient (Wildman–Crippen LogP) is 3.79. The zero-order chi connectivity index (χ0) is 25.7. The number of carbonyl (C=O) groups is 2. The molecular weight excluding hydrogens is 450 g/mol. The SMILES string of the molecule is CCC(C(=O)NC(C)(C)C)N(Cc1ccccc1)C(=O)CN(c1ccc(C)c(C)c1)S(C)(=O)=O. The molecule has 7 nitrogen and oxygen atoms in total. The third kappa shape index (κ3) is 7.58. The van der Waals surface area contributed by atoms with Crippen molar-refractivity contribution in [3.8, 4) is 0 Å². The van der Waals surface area contributed by atoms with Crippen LogP contribution in [0.3, 0.4) is 0 Å². The van der Waals surface area contributed by atoms with Gasteiger partial charge in [0.25, 0.3) is 0 Å². The van der Waals surface area contributed by atoms with Gasteiger partial charge in [0.15, 0.2) is 0 Å². The van der Waals surface area contributed by atoms with E-state index in [-0.39, 0.29) is 12.5 Å². The summed E-state index contributed by atoms with van der Waals surface area (Å²) < 4.78 is 26.5. The van der Waals surface area contributed by atoms with Gasteiger partial charge in [-0.05, 0) is 69.9 Å². The predicted molar refractivity (Wildman–Crippen MR) is 137 cm³/mol. The fraction of sp³-hybridized carbons (Fsp3) is 0.462. The summed E-state index contributed by atoms with van der Waals surface area (Å²) in [5.74, 6) is -0.709. The zero-order valence-corrected chi connectivity index (χ0v) is 22.1. The van der Waals surface area contributed by atoms with Crippen LogP contribution in [0, 0.1) is 13.8 Å². The van der Waals surface area contributed by atoms with E-state index in [0.29, 0.717) is 12.1 Å². The summed E-state index contributed by atoms with van der Waals surface area (Å²) in [6.07, 6.45) is 1.48. The van der Waals surface area contributed by atoms with E-state index >= 15 is 0 Å². The Morgan fingerprint density at radius 3 is 2.12 bits per heavy atom. The molecule has 0 aliphatic heterocycles. The molecule has 0 saturated carbocycles. The minimum atomic E-state index is -3.75. The molecule has 2 aromatic carbocycles. The maximum Gasteiger partial charge on any atom is 0.244 e. The molecule has 0 saturated heterocycles. The molecule has 1 atom stereocenters. The number of carbonyl (C=O) groups excluding carboxylic acids is 2. The lowest BCUT2D eigenvalue weighted by atomic mass is 10.1. The highest BCUT2D eigenvalue weighted by Crippen LogP contribution is 2.22. The van der Waals surface area contributed by atoms with Gasteiger partial charge in [0.05, 0.1) is 11.9 Å². The average Bonchev–Trinajstić information content (AvgIpc) is 2.72. The third-order valence-corrected chi connectivity index (χ3v) is 6.68. The zero-order valence-electron chi connectivity index (χ0n) is 21.3. The molecule has 34 heavy (non-hydrogen) atoms. The molecule has 0 aliphatic carbocycles. The summed E-state index contributed by atoms with van der Waals surface area (Å²) in [6, 6.07) is 13.9. The highest BCUT2D eigenvalue weighted by Gasteiger charge is 2.33. The summed E-state index contributed by atoms with van der Waals surface area (Å²) in [5.41, 5.74) is 2.76. The summed E-state index contributed by atoms with van der Waals surface area (Å²) >= 11 is 0. The van der Waals surface area contributed by atoms with E-state index in [9.17, 15) is 18.0 Å². The standard InChI is InChI=1S/C26H37N3O4S/c1-8-23(25(31)27-26(4,5)6)28(17-21-12-10-9-11-13-21)24(30)18-29(34(7,32)33)22-15-14-19(2)20(3)16-22/h9-16,23H,8,17-18H2,1-7H3,(H,27,31). The van der Waals surface area contributed by atoms with E-state index in [2.05, 4.69) is 5.32 Å². The quantitative estimate of drug-likeness (QED) is 0.583. The third-order valence-electron chi connectivity index (χ3n) is 5.54. The maximum absolute atomic E-state index is 13.6. The fourth-order valence-corrected chi connectivity index (χ4v) is 4.49. The van der Waals surface area contributed by atoms with Crippen LogP contribution < -0.4 is 9.62 Å². The van der Waals surface area contributed by atoms with Crippen molar-refractivity contribution in [3.05, 3.63) is 65.2 Å². The number of rotatable bonds is 9. The lowest BCUT2D eigenvalue weighted by Gasteiger charge is -2.34. The second kappa shape index (κ2) is 11.0. The van der Waals surface area contributed by atoms with Crippen molar-refractivity contribution in [2.24, 2.45) is 0 Å². The number of hydrogen-bond acceptors (Lipinski definition) is 4. The number of sulfonamides is 1. The van der Waals surface area contributed by atoms with E-state index < -0.39 is 34.1 Å². The van der Waals surface area contributed by atoms with Crippen LogP contribution in [0.2, 0.25) is 0 Å². The van der Waals surface area contributed by atoms with Crippen LogP contribution >= 0.6 is 0 Å². The van der Waals surface area contributed by atoms with Gasteiger partial charge in [-0.15, -0.1) is 0 Å². The molecule has 1 N–H and O–H groups in total. The monoisotopic (exact) mass is 487 g/mol. The van der Waals surface area contributed by atoms with Crippen molar-refractivity contribution >= 4 is 27.5 Å². The van der Waals surface area contributed by atoms with E-state index in [1.165, 1.54) is 4.90 Å². The van der Waals surface area contributed by atoms with Gasteiger partial charge in [-0.2, -0.15) is 0 Å². The van der Waals surface area contributed by atoms with Crippen LogP contribution in [0.4, 0.5) is 5.69 Å². The highest BCUT2D eigenvalue weighted by molar-refractivity contribution is 7.92.